The van der Waals surface area contributed by atoms with Crippen LogP contribution >= 0.6 is 0 Å². The van der Waals surface area contributed by atoms with Crippen LogP contribution in [0, 0.1) is 0 Å². The second-order valence-corrected chi connectivity index (χ2v) is 7.39. The van der Waals surface area contributed by atoms with Crippen molar-refractivity contribution >= 4 is 29.2 Å². The van der Waals surface area contributed by atoms with E-state index >= 15 is 0 Å². The van der Waals surface area contributed by atoms with Crippen molar-refractivity contribution in [3.63, 3.8) is 0 Å². The Bertz CT molecular complexity index is 932. The molecule has 0 atom stereocenters. The van der Waals surface area contributed by atoms with E-state index in [0.717, 1.165) is 15.9 Å². The molecule has 2 heterocycles. The number of anilines is 3. The highest BCUT2D eigenvalue weighted by Gasteiger charge is 2.37. The molecule has 0 saturated carbocycles. The zero-order chi connectivity index (χ0) is 20.6. The van der Waals surface area contributed by atoms with Gasteiger partial charge in [-0.3, -0.25) is 4.79 Å². The summed E-state index contributed by atoms with van der Waals surface area (Å²) in [6.45, 7) is 6.32. The highest BCUT2D eigenvalue weighted by molar-refractivity contribution is 6.08. The molecule has 4 N–H and O–H groups in total. The smallest absolute Gasteiger partial charge is 0.436 e. The molecule has 2 aromatic rings. The molecule has 3 rings (SSSR count). The first kappa shape index (κ1) is 19.7. The molecule has 9 nitrogen and oxygen atoms in total. The molecule has 1 aliphatic heterocycles. The molecule has 1 aromatic heterocycles. The van der Waals surface area contributed by atoms with Gasteiger partial charge in [-0.1, -0.05) is 0 Å². The summed E-state index contributed by atoms with van der Waals surface area (Å²) in [4.78, 5) is 27.1. The predicted octanol–water partition coefficient (Wildman–Crippen LogP) is 2.13. The number of carbonyl (C=O) groups excluding carboxylic acids is 2. The van der Waals surface area contributed by atoms with Crippen molar-refractivity contribution < 1.29 is 14.3 Å². The van der Waals surface area contributed by atoms with Gasteiger partial charge >= 0.3 is 6.09 Å². The SMILES string of the molecule is CCOC(=O)n1nc2c(c1NC(=O)c1ccc(N(C)C)cc1N)CNC2(C)C. The van der Waals surface area contributed by atoms with Gasteiger partial charge in [-0.25, -0.2) is 4.79 Å². The molecule has 0 bridgehead atoms. The summed E-state index contributed by atoms with van der Waals surface area (Å²) < 4.78 is 6.20. The Balaban J connectivity index is 1.98. The van der Waals surface area contributed by atoms with Gasteiger partial charge in [0.2, 0.25) is 0 Å². The monoisotopic (exact) mass is 386 g/mol. The minimum atomic E-state index is -0.640. The number of nitrogen functional groups attached to an aromatic ring is 1. The summed E-state index contributed by atoms with van der Waals surface area (Å²) >= 11 is 0. The van der Waals surface area contributed by atoms with Crippen molar-refractivity contribution in [2.24, 2.45) is 0 Å². The van der Waals surface area contributed by atoms with E-state index in [-0.39, 0.29) is 6.61 Å². The predicted molar refractivity (Wildman–Crippen MR) is 108 cm³/mol. The van der Waals surface area contributed by atoms with Crippen LogP contribution in [0.4, 0.5) is 22.0 Å². The van der Waals surface area contributed by atoms with Crippen LogP contribution in [0.5, 0.6) is 0 Å². The average molecular weight is 386 g/mol. The number of aromatic nitrogens is 2. The minimum absolute atomic E-state index is 0.206. The van der Waals surface area contributed by atoms with E-state index in [0.29, 0.717) is 29.3 Å². The number of fused-ring (bicyclic) bond motifs is 1. The van der Waals surface area contributed by atoms with E-state index in [4.69, 9.17) is 10.5 Å². The fraction of sp³-hybridized carbons (Fsp3) is 0.421. The van der Waals surface area contributed by atoms with Crippen molar-refractivity contribution in [1.29, 1.82) is 0 Å². The summed E-state index contributed by atoms with van der Waals surface area (Å²) in [6.07, 6.45) is -0.640. The molecule has 0 unspecified atom stereocenters. The number of amides is 1. The number of benzene rings is 1. The van der Waals surface area contributed by atoms with E-state index < -0.39 is 17.5 Å². The Morgan fingerprint density at radius 1 is 1.39 bits per heavy atom. The van der Waals surface area contributed by atoms with Gasteiger partial charge in [-0.15, -0.1) is 4.68 Å². The van der Waals surface area contributed by atoms with E-state index in [1.165, 1.54) is 0 Å². The molecular formula is C19H26N6O3. The minimum Gasteiger partial charge on any atom is -0.448 e. The van der Waals surface area contributed by atoms with Gasteiger partial charge in [0, 0.05) is 37.6 Å². The normalized spacial score (nSPS) is 14.5. The largest absolute Gasteiger partial charge is 0.448 e. The Morgan fingerprint density at radius 3 is 2.71 bits per heavy atom. The van der Waals surface area contributed by atoms with Crippen LogP contribution in [0.2, 0.25) is 0 Å². The maximum atomic E-state index is 12.9. The Kier molecular flexibility index (Phi) is 5.03. The number of hydrogen-bond acceptors (Lipinski definition) is 7. The molecular weight excluding hydrogens is 360 g/mol. The van der Waals surface area contributed by atoms with Crippen molar-refractivity contribution in [3.05, 3.63) is 35.0 Å². The number of rotatable bonds is 4. The topological polar surface area (TPSA) is 115 Å². The Labute approximate surface area is 163 Å². The lowest BCUT2D eigenvalue weighted by Crippen LogP contribution is -2.31. The third-order valence-corrected chi connectivity index (χ3v) is 4.75. The van der Waals surface area contributed by atoms with Gasteiger partial charge < -0.3 is 26.0 Å². The molecule has 0 saturated heterocycles. The van der Waals surface area contributed by atoms with Crippen LogP contribution in [0.25, 0.3) is 0 Å². The van der Waals surface area contributed by atoms with Crippen LogP contribution in [-0.2, 0) is 16.8 Å². The summed E-state index contributed by atoms with van der Waals surface area (Å²) in [5.41, 5.74) is 8.67. The van der Waals surface area contributed by atoms with Crippen LogP contribution in [0.15, 0.2) is 18.2 Å². The molecule has 0 fully saturated rings. The molecule has 28 heavy (non-hydrogen) atoms. The standard InChI is InChI=1S/C19H26N6O3/c1-6-28-18(27)25-16(13-10-21-19(2,3)15(13)23-25)22-17(26)12-8-7-11(24(4)5)9-14(12)20/h7-9,21H,6,10,20H2,1-5H3,(H,22,26). The summed E-state index contributed by atoms with van der Waals surface area (Å²) in [5.74, 6) is -0.117. The summed E-state index contributed by atoms with van der Waals surface area (Å²) in [5, 5.41) is 10.5. The lowest BCUT2D eigenvalue weighted by atomic mass is 10.0. The molecule has 0 radical (unpaired) electrons. The highest BCUT2D eigenvalue weighted by Crippen LogP contribution is 2.35. The lowest BCUT2D eigenvalue weighted by molar-refractivity contribution is 0.102. The fourth-order valence-corrected chi connectivity index (χ4v) is 3.17. The van der Waals surface area contributed by atoms with Gasteiger partial charge in [-0.05, 0) is 39.0 Å². The zero-order valence-corrected chi connectivity index (χ0v) is 16.8. The molecule has 1 aromatic carbocycles. The summed E-state index contributed by atoms with van der Waals surface area (Å²) in [6, 6.07) is 5.20. The van der Waals surface area contributed by atoms with Crippen molar-refractivity contribution in [3.8, 4) is 0 Å². The van der Waals surface area contributed by atoms with Crippen molar-refractivity contribution in [1.82, 2.24) is 15.1 Å². The summed E-state index contributed by atoms with van der Waals surface area (Å²) in [7, 11) is 3.79. The third-order valence-electron chi connectivity index (χ3n) is 4.75. The molecule has 150 valence electrons. The van der Waals surface area contributed by atoms with Crippen LogP contribution in [-0.4, -0.2) is 42.5 Å². The first-order valence-electron chi connectivity index (χ1n) is 9.08. The van der Waals surface area contributed by atoms with E-state index in [1.54, 1.807) is 19.1 Å². The number of carbonyl (C=O) groups is 2. The van der Waals surface area contributed by atoms with Gasteiger partial charge in [-0.2, -0.15) is 5.10 Å². The second kappa shape index (κ2) is 7.16. The third kappa shape index (κ3) is 3.40. The Hall–Kier alpha value is -3.07. The van der Waals surface area contributed by atoms with E-state index in [9.17, 15) is 9.59 Å². The highest BCUT2D eigenvalue weighted by atomic mass is 16.6. The number of nitrogens with two attached hydrogens (primary N) is 1. The van der Waals surface area contributed by atoms with Crippen molar-refractivity contribution in [2.75, 3.05) is 36.7 Å². The van der Waals surface area contributed by atoms with Gasteiger partial charge in [0.25, 0.3) is 5.91 Å². The molecule has 0 spiro atoms. The van der Waals surface area contributed by atoms with Crippen LogP contribution in [0.3, 0.4) is 0 Å². The molecule has 1 aliphatic rings. The molecule has 1 amide bonds. The van der Waals surface area contributed by atoms with Crippen LogP contribution < -0.4 is 21.3 Å². The van der Waals surface area contributed by atoms with Gasteiger partial charge in [0.1, 0.15) is 5.82 Å². The van der Waals surface area contributed by atoms with Crippen LogP contribution in [0.1, 0.15) is 42.4 Å². The van der Waals surface area contributed by atoms with E-state index in [2.05, 4.69) is 15.7 Å². The Morgan fingerprint density at radius 2 is 2.11 bits per heavy atom. The van der Waals surface area contributed by atoms with E-state index in [1.807, 2.05) is 38.9 Å². The number of ether oxygens (including phenoxy) is 1. The fourth-order valence-electron chi connectivity index (χ4n) is 3.17. The first-order valence-corrected chi connectivity index (χ1v) is 9.08. The maximum absolute atomic E-state index is 12.9. The lowest BCUT2D eigenvalue weighted by Gasteiger charge is -2.17. The second-order valence-electron chi connectivity index (χ2n) is 7.39. The molecule has 9 heteroatoms. The van der Waals surface area contributed by atoms with Gasteiger partial charge in [0.15, 0.2) is 0 Å². The average Bonchev–Trinajstić information content (AvgIpc) is 3.13. The quantitative estimate of drug-likeness (QED) is 0.690. The first-order chi connectivity index (χ1) is 13.2. The maximum Gasteiger partial charge on any atom is 0.436 e. The van der Waals surface area contributed by atoms with Crippen molar-refractivity contribution in [2.45, 2.75) is 32.9 Å². The zero-order valence-electron chi connectivity index (χ0n) is 16.8. The number of nitrogens with zero attached hydrogens (tertiary/aromatic N) is 3. The number of hydrogen-bond donors (Lipinski definition) is 3. The molecule has 0 aliphatic carbocycles. The number of nitrogens with one attached hydrogen (secondary N) is 2. The van der Waals surface area contributed by atoms with Gasteiger partial charge in [0.05, 0.1) is 23.4 Å².